The van der Waals surface area contributed by atoms with Crippen LogP contribution in [0, 0.1) is 5.82 Å². The van der Waals surface area contributed by atoms with E-state index < -0.39 is 5.82 Å². The van der Waals surface area contributed by atoms with Crippen LogP contribution >= 0.6 is 23.8 Å². The number of nitrogens with one attached hydrogen (secondary N) is 3. The van der Waals surface area contributed by atoms with Gasteiger partial charge in [-0.3, -0.25) is 0 Å². The molecule has 0 bridgehead atoms. The summed E-state index contributed by atoms with van der Waals surface area (Å²) in [4.78, 5) is 0. The fraction of sp³-hybridized carbons (Fsp3) is 0.0909. The summed E-state index contributed by atoms with van der Waals surface area (Å²) >= 11 is 11.4. The highest BCUT2D eigenvalue weighted by molar-refractivity contribution is 7.80. The maximum absolute atomic E-state index is 14.1. The minimum atomic E-state index is -0.431. The lowest BCUT2D eigenvalue weighted by Crippen LogP contribution is -2.82. The normalized spacial score (nSPS) is 10.6. The molecule has 0 aliphatic rings. The first-order valence-electron chi connectivity index (χ1n) is 9.02. The number of rotatable bonds is 7. The van der Waals surface area contributed by atoms with Gasteiger partial charge in [0, 0.05) is 11.3 Å². The maximum atomic E-state index is 14.1. The highest BCUT2D eigenvalue weighted by atomic mass is 35.5. The van der Waals surface area contributed by atoms with Crippen LogP contribution in [0.2, 0.25) is 5.02 Å². The molecule has 0 aliphatic heterocycles. The van der Waals surface area contributed by atoms with Crippen molar-refractivity contribution >= 4 is 40.8 Å². The molecule has 30 heavy (non-hydrogen) atoms. The molecule has 0 radical (unpaired) electrons. The second-order valence-electron chi connectivity index (χ2n) is 6.10. The summed E-state index contributed by atoms with van der Waals surface area (Å²) in [6.07, 6.45) is 1.67. The molecule has 0 atom stereocenters. The second kappa shape index (κ2) is 10.6. The van der Waals surface area contributed by atoms with E-state index in [1.807, 2.05) is 42.5 Å². The Morgan fingerprint density at radius 3 is 2.60 bits per heavy atom. The molecule has 0 heterocycles. The molecule has 154 valence electrons. The van der Waals surface area contributed by atoms with Crippen molar-refractivity contribution in [1.29, 1.82) is 0 Å². The fourth-order valence-corrected chi connectivity index (χ4v) is 3.03. The predicted octanol–water partition coefficient (Wildman–Crippen LogP) is 3.47. The second-order valence-corrected chi connectivity index (χ2v) is 6.92. The molecular formula is C22H20ClFN3O2S+. The standard InChI is InChI=1S/C22H19ClFN3O2S/c1-28-20-12-5-7-15(13-25-27-22(30)26-16-8-3-2-4-9-16)21(20)29-14-17-18(23)10-6-11-19(17)24/h2-13H,14H2,1H3,(H2,26,27,30)/p+1. The first-order valence-corrected chi connectivity index (χ1v) is 9.80. The molecule has 3 rings (SSSR count). The number of ether oxygens (including phenoxy) is 2. The molecule has 0 saturated heterocycles. The topological polar surface area (TPSA) is 56.5 Å². The Hall–Kier alpha value is -3.16. The van der Waals surface area contributed by atoms with Gasteiger partial charge in [0.2, 0.25) is 11.3 Å². The molecule has 3 aromatic carbocycles. The van der Waals surface area contributed by atoms with Gasteiger partial charge in [0.25, 0.3) is 0 Å². The first kappa shape index (κ1) is 21.5. The molecule has 3 N–H and O–H groups in total. The van der Waals surface area contributed by atoms with E-state index in [-0.39, 0.29) is 12.2 Å². The summed E-state index contributed by atoms with van der Waals surface area (Å²) in [6, 6.07) is 19.4. The average Bonchev–Trinajstić information content (AvgIpc) is 2.74. The van der Waals surface area contributed by atoms with Gasteiger partial charge in [0.05, 0.1) is 17.7 Å². The van der Waals surface area contributed by atoms with Crippen LogP contribution in [0.25, 0.3) is 0 Å². The van der Waals surface area contributed by atoms with E-state index in [4.69, 9.17) is 33.3 Å². The lowest BCUT2D eigenvalue weighted by atomic mass is 10.2. The Labute approximate surface area is 184 Å². The molecule has 8 heteroatoms. The third kappa shape index (κ3) is 5.68. The van der Waals surface area contributed by atoms with E-state index in [0.717, 1.165) is 5.69 Å². The van der Waals surface area contributed by atoms with Crippen LogP contribution in [0.5, 0.6) is 11.5 Å². The van der Waals surface area contributed by atoms with E-state index in [1.54, 1.807) is 24.4 Å². The molecule has 0 aliphatic carbocycles. The highest BCUT2D eigenvalue weighted by Gasteiger charge is 2.14. The number of methoxy groups -OCH3 is 1. The number of anilines is 1. The van der Waals surface area contributed by atoms with Crippen molar-refractivity contribution in [3.63, 3.8) is 0 Å². The lowest BCUT2D eigenvalue weighted by molar-refractivity contribution is -0.499. The van der Waals surface area contributed by atoms with Crippen LogP contribution in [0.15, 0.2) is 66.7 Å². The van der Waals surface area contributed by atoms with Gasteiger partial charge in [-0.2, -0.15) is 0 Å². The zero-order valence-corrected chi connectivity index (χ0v) is 17.7. The third-order valence-electron chi connectivity index (χ3n) is 4.10. The van der Waals surface area contributed by atoms with E-state index in [9.17, 15) is 4.39 Å². The molecule has 3 aromatic rings. The Kier molecular flexibility index (Phi) is 7.59. The smallest absolute Gasteiger partial charge is 0.228 e. The number of hydrogen-bond donors (Lipinski definition) is 3. The lowest BCUT2D eigenvalue weighted by Gasteiger charge is -2.13. The molecule has 0 aromatic heterocycles. The highest BCUT2D eigenvalue weighted by Crippen LogP contribution is 2.31. The van der Waals surface area contributed by atoms with Crippen LogP contribution in [-0.2, 0) is 6.61 Å². The summed E-state index contributed by atoms with van der Waals surface area (Å²) in [5.74, 6) is 0.513. The number of halogens is 2. The molecule has 0 saturated carbocycles. The third-order valence-corrected chi connectivity index (χ3v) is 4.66. The number of hydrazine groups is 1. The predicted molar refractivity (Wildman–Crippen MR) is 121 cm³/mol. The summed E-state index contributed by atoms with van der Waals surface area (Å²) in [7, 11) is 1.53. The number of para-hydroxylation sites is 2. The summed E-state index contributed by atoms with van der Waals surface area (Å²) in [5.41, 5.74) is 4.69. The van der Waals surface area contributed by atoms with Gasteiger partial charge in [-0.1, -0.05) is 41.9 Å². The van der Waals surface area contributed by atoms with Crippen molar-refractivity contribution < 1.29 is 19.0 Å². The van der Waals surface area contributed by atoms with Crippen LogP contribution in [0.1, 0.15) is 11.1 Å². The quantitative estimate of drug-likeness (QED) is 0.296. The van der Waals surface area contributed by atoms with Crippen LogP contribution in [0.3, 0.4) is 0 Å². The SMILES string of the molecule is COc1cccc(C=[NH+]NC(=S)Nc2ccccc2)c1OCc1c(F)cccc1Cl. The van der Waals surface area contributed by atoms with Crippen molar-refractivity contribution in [2.75, 3.05) is 12.4 Å². The zero-order valence-electron chi connectivity index (χ0n) is 16.1. The first-order chi connectivity index (χ1) is 14.6. The van der Waals surface area contributed by atoms with Crippen LogP contribution < -0.4 is 25.3 Å². The van der Waals surface area contributed by atoms with Gasteiger partial charge in [-0.05, 0) is 48.6 Å². The minimum Gasteiger partial charge on any atom is -0.493 e. The summed E-state index contributed by atoms with van der Waals surface area (Å²) in [6.45, 7) is -0.0475. The molecule has 0 spiro atoms. The Morgan fingerprint density at radius 1 is 1.10 bits per heavy atom. The average molecular weight is 445 g/mol. The van der Waals surface area contributed by atoms with Gasteiger partial charge < -0.3 is 14.8 Å². The number of thiocarbonyl (C=S) groups is 1. The van der Waals surface area contributed by atoms with Crippen molar-refractivity contribution in [2.24, 2.45) is 0 Å². The van der Waals surface area contributed by atoms with Crippen LogP contribution in [-0.4, -0.2) is 18.4 Å². The molecular weight excluding hydrogens is 425 g/mol. The Balaban J connectivity index is 1.72. The van der Waals surface area contributed by atoms with Gasteiger partial charge >= 0.3 is 0 Å². The Bertz CT molecular complexity index is 1030. The number of benzene rings is 3. The molecule has 0 fully saturated rings. The van der Waals surface area contributed by atoms with Crippen molar-refractivity contribution in [2.45, 2.75) is 6.61 Å². The zero-order chi connectivity index (χ0) is 21.3. The van der Waals surface area contributed by atoms with Crippen molar-refractivity contribution in [1.82, 2.24) is 5.43 Å². The maximum Gasteiger partial charge on any atom is 0.228 e. The van der Waals surface area contributed by atoms with E-state index in [0.29, 0.717) is 27.2 Å². The number of hydrogen-bond acceptors (Lipinski definition) is 3. The molecule has 5 nitrogen and oxygen atoms in total. The summed E-state index contributed by atoms with van der Waals surface area (Å²) in [5, 5.41) is 6.66. The van der Waals surface area contributed by atoms with Gasteiger partial charge in [0.1, 0.15) is 12.4 Å². The van der Waals surface area contributed by atoms with Gasteiger partial charge in [0.15, 0.2) is 11.5 Å². The van der Waals surface area contributed by atoms with Gasteiger partial charge in [-0.25, -0.2) is 4.39 Å². The summed E-state index contributed by atoms with van der Waals surface area (Å²) < 4.78 is 25.3. The molecule has 0 unspecified atom stereocenters. The largest absolute Gasteiger partial charge is 0.493 e. The number of hydrazone groups is 1. The monoisotopic (exact) mass is 444 g/mol. The minimum absolute atomic E-state index is 0.0475. The Morgan fingerprint density at radius 2 is 1.87 bits per heavy atom. The molecule has 0 amide bonds. The van der Waals surface area contributed by atoms with Gasteiger partial charge in [-0.15, -0.1) is 10.5 Å². The van der Waals surface area contributed by atoms with E-state index >= 15 is 0 Å². The van der Waals surface area contributed by atoms with E-state index in [2.05, 4.69) is 15.8 Å². The van der Waals surface area contributed by atoms with E-state index in [1.165, 1.54) is 13.2 Å². The van der Waals surface area contributed by atoms with Crippen molar-refractivity contribution in [3.8, 4) is 11.5 Å². The van der Waals surface area contributed by atoms with Crippen molar-refractivity contribution in [3.05, 3.63) is 88.7 Å². The fourth-order valence-electron chi connectivity index (χ4n) is 2.64. The van der Waals surface area contributed by atoms with Crippen LogP contribution in [0.4, 0.5) is 10.1 Å².